The van der Waals surface area contributed by atoms with Crippen molar-refractivity contribution in [1.82, 2.24) is 5.32 Å². The van der Waals surface area contributed by atoms with Crippen molar-refractivity contribution in [3.05, 3.63) is 29.8 Å². The van der Waals surface area contributed by atoms with Crippen molar-refractivity contribution < 1.29 is 24.2 Å². The number of carboxylic acid groups (broad SMARTS) is 1. The molecule has 0 saturated heterocycles. The Labute approximate surface area is 111 Å². The second-order valence-electron chi connectivity index (χ2n) is 3.97. The summed E-state index contributed by atoms with van der Waals surface area (Å²) in [6, 6.07) is 6.35. The summed E-state index contributed by atoms with van der Waals surface area (Å²) in [5.74, 6) is -0.983. The highest BCUT2D eigenvalue weighted by molar-refractivity contribution is 5.94. The van der Waals surface area contributed by atoms with E-state index in [1.54, 1.807) is 25.3 Å². The normalized spacial score (nSPS) is 11.7. The third-order valence-electron chi connectivity index (χ3n) is 2.41. The highest BCUT2D eigenvalue weighted by Gasteiger charge is 2.08. The summed E-state index contributed by atoms with van der Waals surface area (Å²) >= 11 is 0. The number of carbonyl (C=O) groups excluding carboxylic acids is 1. The number of carbonyl (C=O) groups is 2. The van der Waals surface area contributed by atoms with E-state index >= 15 is 0 Å². The van der Waals surface area contributed by atoms with Gasteiger partial charge in [0, 0.05) is 19.2 Å². The molecule has 6 nitrogen and oxygen atoms in total. The second kappa shape index (κ2) is 7.38. The molecule has 19 heavy (non-hydrogen) atoms. The summed E-state index contributed by atoms with van der Waals surface area (Å²) in [5.41, 5.74) is 0.409. The van der Waals surface area contributed by atoms with Crippen LogP contribution in [-0.2, 0) is 9.53 Å². The predicted molar refractivity (Wildman–Crippen MR) is 68.4 cm³/mol. The van der Waals surface area contributed by atoms with Gasteiger partial charge in [0.2, 0.25) is 0 Å². The first kappa shape index (κ1) is 15.0. The smallest absolute Gasteiger partial charge is 0.341 e. The van der Waals surface area contributed by atoms with Gasteiger partial charge in [0.05, 0.1) is 6.10 Å². The van der Waals surface area contributed by atoms with Crippen molar-refractivity contribution >= 4 is 11.9 Å². The summed E-state index contributed by atoms with van der Waals surface area (Å²) in [7, 11) is 1.57. The summed E-state index contributed by atoms with van der Waals surface area (Å²) in [4.78, 5) is 22.2. The van der Waals surface area contributed by atoms with Gasteiger partial charge in [0.15, 0.2) is 6.61 Å². The zero-order valence-electron chi connectivity index (χ0n) is 10.9. The van der Waals surface area contributed by atoms with Gasteiger partial charge in [-0.15, -0.1) is 0 Å². The molecule has 0 bridgehead atoms. The molecule has 0 fully saturated rings. The largest absolute Gasteiger partial charge is 0.482 e. The first-order valence-electron chi connectivity index (χ1n) is 5.78. The molecule has 1 rings (SSSR count). The van der Waals surface area contributed by atoms with Gasteiger partial charge < -0.3 is 19.9 Å². The van der Waals surface area contributed by atoms with Gasteiger partial charge in [0.25, 0.3) is 5.91 Å². The standard InChI is InChI=1S/C13H17NO5/c1-9(18-2)7-14-13(17)10-4-3-5-11(6-10)19-8-12(15)16/h3-6,9H,7-8H2,1-2H3,(H,14,17)(H,15,16). The van der Waals surface area contributed by atoms with Crippen LogP contribution in [0.25, 0.3) is 0 Å². The van der Waals surface area contributed by atoms with Crippen LogP contribution in [0.4, 0.5) is 0 Å². The van der Waals surface area contributed by atoms with Gasteiger partial charge >= 0.3 is 5.97 Å². The lowest BCUT2D eigenvalue weighted by Crippen LogP contribution is -2.31. The van der Waals surface area contributed by atoms with Gasteiger partial charge in [0.1, 0.15) is 5.75 Å². The van der Waals surface area contributed by atoms with E-state index in [2.05, 4.69) is 5.32 Å². The lowest BCUT2D eigenvalue weighted by Gasteiger charge is -2.11. The number of hydrogen-bond acceptors (Lipinski definition) is 4. The van der Waals surface area contributed by atoms with E-state index < -0.39 is 12.6 Å². The van der Waals surface area contributed by atoms with E-state index in [1.807, 2.05) is 6.92 Å². The number of amides is 1. The lowest BCUT2D eigenvalue weighted by atomic mass is 10.2. The van der Waals surface area contributed by atoms with Crippen molar-refractivity contribution in [3.63, 3.8) is 0 Å². The number of carboxylic acids is 1. The molecule has 0 aliphatic carbocycles. The molecule has 1 atom stereocenters. The van der Waals surface area contributed by atoms with Crippen molar-refractivity contribution in [1.29, 1.82) is 0 Å². The minimum atomic E-state index is -1.07. The molecule has 1 aromatic carbocycles. The van der Waals surface area contributed by atoms with Crippen molar-refractivity contribution in [2.45, 2.75) is 13.0 Å². The Morgan fingerprint density at radius 1 is 1.42 bits per heavy atom. The second-order valence-corrected chi connectivity index (χ2v) is 3.97. The van der Waals surface area contributed by atoms with Crippen molar-refractivity contribution in [3.8, 4) is 5.75 Å². The minimum absolute atomic E-state index is 0.0737. The zero-order chi connectivity index (χ0) is 14.3. The fourth-order valence-electron chi connectivity index (χ4n) is 1.29. The summed E-state index contributed by atoms with van der Waals surface area (Å²) in [6.45, 7) is 1.80. The molecule has 0 aromatic heterocycles. The topological polar surface area (TPSA) is 84.9 Å². The summed E-state index contributed by atoms with van der Waals surface area (Å²) in [5, 5.41) is 11.2. The third kappa shape index (κ3) is 5.39. The fourth-order valence-corrected chi connectivity index (χ4v) is 1.29. The molecule has 1 amide bonds. The zero-order valence-corrected chi connectivity index (χ0v) is 10.9. The number of benzene rings is 1. The van der Waals surface area contributed by atoms with E-state index in [-0.39, 0.29) is 12.0 Å². The number of aliphatic carboxylic acids is 1. The number of hydrogen-bond donors (Lipinski definition) is 2. The van der Waals surface area contributed by atoms with E-state index in [9.17, 15) is 9.59 Å². The Morgan fingerprint density at radius 3 is 2.79 bits per heavy atom. The Kier molecular flexibility index (Phi) is 5.81. The maximum Gasteiger partial charge on any atom is 0.341 e. The summed E-state index contributed by atoms with van der Waals surface area (Å²) < 4.78 is 10.0. The molecule has 1 unspecified atom stereocenters. The molecular formula is C13H17NO5. The molecule has 0 saturated carbocycles. The van der Waals surface area contributed by atoms with Crippen LogP contribution in [0.1, 0.15) is 17.3 Å². The molecular weight excluding hydrogens is 250 g/mol. The minimum Gasteiger partial charge on any atom is -0.482 e. The highest BCUT2D eigenvalue weighted by atomic mass is 16.5. The maximum atomic E-state index is 11.8. The molecule has 0 radical (unpaired) electrons. The fraction of sp³-hybridized carbons (Fsp3) is 0.385. The summed E-state index contributed by atoms with van der Waals surface area (Å²) in [6.07, 6.45) is -0.0737. The quantitative estimate of drug-likeness (QED) is 0.767. The third-order valence-corrected chi connectivity index (χ3v) is 2.41. The molecule has 1 aromatic rings. The van der Waals surface area contributed by atoms with E-state index in [0.29, 0.717) is 17.9 Å². The highest BCUT2D eigenvalue weighted by Crippen LogP contribution is 2.13. The number of ether oxygens (including phenoxy) is 2. The van der Waals surface area contributed by atoms with Gasteiger partial charge in [-0.2, -0.15) is 0 Å². The van der Waals surface area contributed by atoms with Crippen molar-refractivity contribution in [2.75, 3.05) is 20.3 Å². The SMILES string of the molecule is COC(C)CNC(=O)c1cccc(OCC(=O)O)c1. The Morgan fingerprint density at radius 2 is 2.16 bits per heavy atom. The average Bonchev–Trinajstić information content (AvgIpc) is 2.42. The Hall–Kier alpha value is -2.08. The Bertz CT molecular complexity index is 446. The van der Waals surface area contributed by atoms with Crippen LogP contribution in [0.15, 0.2) is 24.3 Å². The number of rotatable bonds is 7. The van der Waals surface area contributed by atoms with Gasteiger partial charge in [-0.05, 0) is 25.1 Å². The van der Waals surface area contributed by atoms with Crippen LogP contribution < -0.4 is 10.1 Å². The Balaban J connectivity index is 2.59. The van der Waals surface area contributed by atoms with Gasteiger partial charge in [-0.1, -0.05) is 6.07 Å². The van der Waals surface area contributed by atoms with E-state index in [4.69, 9.17) is 14.6 Å². The van der Waals surface area contributed by atoms with Crippen LogP contribution >= 0.6 is 0 Å². The van der Waals surface area contributed by atoms with E-state index in [1.165, 1.54) is 6.07 Å². The van der Waals surface area contributed by atoms with Crippen LogP contribution in [0, 0.1) is 0 Å². The molecule has 0 spiro atoms. The number of nitrogens with one attached hydrogen (secondary N) is 1. The molecule has 104 valence electrons. The van der Waals surface area contributed by atoms with Crippen LogP contribution in [0.3, 0.4) is 0 Å². The van der Waals surface area contributed by atoms with Gasteiger partial charge in [-0.3, -0.25) is 4.79 Å². The molecule has 0 aliphatic rings. The maximum absolute atomic E-state index is 11.8. The molecule has 0 heterocycles. The molecule has 6 heteroatoms. The van der Waals surface area contributed by atoms with E-state index in [0.717, 1.165) is 0 Å². The predicted octanol–water partition coefficient (Wildman–Crippen LogP) is 0.915. The van der Waals surface area contributed by atoms with Crippen molar-refractivity contribution in [2.24, 2.45) is 0 Å². The van der Waals surface area contributed by atoms with Crippen LogP contribution in [-0.4, -0.2) is 43.3 Å². The monoisotopic (exact) mass is 267 g/mol. The molecule has 2 N–H and O–H groups in total. The lowest BCUT2D eigenvalue weighted by molar-refractivity contribution is -0.139. The number of methoxy groups -OCH3 is 1. The van der Waals surface area contributed by atoms with Gasteiger partial charge in [-0.25, -0.2) is 4.79 Å². The van der Waals surface area contributed by atoms with Crippen LogP contribution in [0.2, 0.25) is 0 Å². The van der Waals surface area contributed by atoms with Crippen LogP contribution in [0.5, 0.6) is 5.75 Å². The first-order valence-corrected chi connectivity index (χ1v) is 5.78. The first-order chi connectivity index (χ1) is 9.02. The molecule has 0 aliphatic heterocycles. The average molecular weight is 267 g/mol.